The van der Waals surface area contributed by atoms with Crippen molar-refractivity contribution in [2.75, 3.05) is 0 Å². The van der Waals surface area contributed by atoms with Crippen LogP contribution in [0.15, 0.2) is 0 Å². The van der Waals surface area contributed by atoms with Crippen molar-refractivity contribution in [1.82, 2.24) is 9.97 Å². The lowest BCUT2D eigenvalue weighted by Gasteiger charge is -2.14. The number of aromatic nitrogens is 2. The van der Waals surface area contributed by atoms with E-state index in [9.17, 15) is 4.39 Å². The molecule has 0 aliphatic carbocycles. The first-order valence-corrected chi connectivity index (χ1v) is 4.40. The summed E-state index contributed by atoms with van der Waals surface area (Å²) in [5, 5.41) is 0. The second kappa shape index (κ2) is 2.73. The number of nitrogens with zero attached hydrogens (tertiary/aromatic N) is 1. The smallest absolute Gasteiger partial charge is 0.287 e. The maximum atomic E-state index is 12.5. The molecule has 1 N–H and O–H groups in total. The van der Waals surface area contributed by atoms with Gasteiger partial charge in [-0.05, 0) is 22.6 Å². The normalized spacial score (nSPS) is 12.1. The monoisotopic (exact) mass is 268 g/mol. The van der Waals surface area contributed by atoms with Gasteiger partial charge in [0.05, 0.1) is 5.69 Å². The fourth-order valence-electron chi connectivity index (χ4n) is 0.822. The molecular weight excluding hydrogens is 258 g/mol. The molecule has 0 saturated heterocycles. The van der Waals surface area contributed by atoms with Crippen LogP contribution in [0.1, 0.15) is 26.5 Å². The van der Waals surface area contributed by atoms with Crippen molar-refractivity contribution in [2.45, 2.75) is 26.2 Å². The molecule has 0 aliphatic heterocycles. The molecule has 0 unspecified atom stereocenters. The van der Waals surface area contributed by atoms with Crippen molar-refractivity contribution in [2.24, 2.45) is 0 Å². The molecule has 1 heterocycles. The fourth-order valence-corrected chi connectivity index (χ4v) is 1.97. The van der Waals surface area contributed by atoms with Gasteiger partial charge in [0.1, 0.15) is 3.70 Å². The molecule has 0 amide bonds. The first kappa shape index (κ1) is 8.96. The Morgan fingerprint density at radius 2 is 2.00 bits per heavy atom. The van der Waals surface area contributed by atoms with Crippen LogP contribution in [0.4, 0.5) is 4.39 Å². The second-order valence-electron chi connectivity index (χ2n) is 3.44. The molecule has 0 saturated carbocycles. The Morgan fingerprint density at radius 3 is 2.18 bits per heavy atom. The first-order valence-electron chi connectivity index (χ1n) is 3.33. The van der Waals surface area contributed by atoms with E-state index < -0.39 is 6.08 Å². The van der Waals surface area contributed by atoms with E-state index in [0.717, 1.165) is 9.39 Å². The van der Waals surface area contributed by atoms with Crippen LogP contribution in [0.3, 0.4) is 0 Å². The van der Waals surface area contributed by atoms with Crippen LogP contribution >= 0.6 is 22.6 Å². The van der Waals surface area contributed by atoms with Crippen molar-refractivity contribution in [3.05, 3.63) is 15.5 Å². The number of imidazole rings is 1. The van der Waals surface area contributed by atoms with Gasteiger partial charge in [-0.25, -0.2) is 4.98 Å². The van der Waals surface area contributed by atoms with Crippen molar-refractivity contribution >= 4 is 22.6 Å². The van der Waals surface area contributed by atoms with Crippen LogP contribution in [0.5, 0.6) is 0 Å². The molecule has 11 heavy (non-hydrogen) atoms. The zero-order chi connectivity index (χ0) is 8.65. The van der Waals surface area contributed by atoms with Gasteiger partial charge in [-0.1, -0.05) is 20.8 Å². The predicted molar refractivity (Wildman–Crippen MR) is 50.0 cm³/mol. The van der Waals surface area contributed by atoms with E-state index in [2.05, 4.69) is 9.97 Å². The summed E-state index contributed by atoms with van der Waals surface area (Å²) in [7, 11) is 0. The van der Waals surface area contributed by atoms with Crippen molar-refractivity contribution in [1.29, 1.82) is 0 Å². The van der Waals surface area contributed by atoms with Gasteiger partial charge in [-0.3, -0.25) is 0 Å². The zero-order valence-electron chi connectivity index (χ0n) is 6.70. The maximum Gasteiger partial charge on any atom is 0.287 e. The molecule has 0 radical (unpaired) electrons. The lowest BCUT2D eigenvalue weighted by Crippen LogP contribution is -2.13. The maximum absolute atomic E-state index is 12.5. The van der Waals surface area contributed by atoms with Gasteiger partial charge in [0.15, 0.2) is 0 Å². The van der Waals surface area contributed by atoms with Gasteiger partial charge in [-0.15, -0.1) is 0 Å². The Hall–Kier alpha value is -0.130. The zero-order valence-corrected chi connectivity index (χ0v) is 8.86. The summed E-state index contributed by atoms with van der Waals surface area (Å²) in [5.41, 5.74) is 0.702. The number of halogens is 2. The van der Waals surface area contributed by atoms with Gasteiger partial charge in [0, 0.05) is 5.41 Å². The van der Waals surface area contributed by atoms with E-state index in [0.29, 0.717) is 0 Å². The SMILES string of the molecule is CC(C)(C)c1nc(F)[nH]c1I. The third kappa shape index (κ3) is 1.91. The van der Waals surface area contributed by atoms with Crippen molar-refractivity contribution < 1.29 is 4.39 Å². The topological polar surface area (TPSA) is 28.7 Å². The third-order valence-electron chi connectivity index (χ3n) is 1.34. The Kier molecular flexibility index (Phi) is 2.22. The molecule has 0 fully saturated rings. The Morgan fingerprint density at radius 1 is 1.45 bits per heavy atom. The molecular formula is C7H10FIN2. The summed E-state index contributed by atoms with van der Waals surface area (Å²) in [4.78, 5) is 6.27. The first-order chi connectivity index (χ1) is 4.91. The highest BCUT2D eigenvalue weighted by Gasteiger charge is 2.21. The highest BCUT2D eigenvalue weighted by molar-refractivity contribution is 14.1. The van der Waals surface area contributed by atoms with Gasteiger partial charge >= 0.3 is 0 Å². The molecule has 1 rings (SSSR count). The highest BCUT2D eigenvalue weighted by atomic mass is 127. The molecule has 0 bridgehead atoms. The van der Waals surface area contributed by atoms with Crippen LogP contribution in [-0.4, -0.2) is 9.97 Å². The summed E-state index contributed by atoms with van der Waals surface area (Å²) in [6, 6.07) is 0. The highest BCUT2D eigenvalue weighted by Crippen LogP contribution is 2.24. The lowest BCUT2D eigenvalue weighted by atomic mass is 9.93. The van der Waals surface area contributed by atoms with Crippen LogP contribution in [0.2, 0.25) is 0 Å². The second-order valence-corrected chi connectivity index (χ2v) is 4.52. The van der Waals surface area contributed by atoms with E-state index in [1.54, 1.807) is 0 Å². The minimum atomic E-state index is -0.501. The predicted octanol–water partition coefficient (Wildman–Crippen LogP) is 2.45. The van der Waals surface area contributed by atoms with E-state index in [1.165, 1.54) is 0 Å². The Labute approximate surface area is 78.7 Å². The van der Waals surface area contributed by atoms with Crippen molar-refractivity contribution in [3.63, 3.8) is 0 Å². The summed E-state index contributed by atoms with van der Waals surface area (Å²) in [6.45, 7) is 6.01. The van der Waals surface area contributed by atoms with E-state index in [4.69, 9.17) is 0 Å². The summed E-state index contributed by atoms with van der Waals surface area (Å²) < 4.78 is 13.3. The summed E-state index contributed by atoms with van der Waals surface area (Å²) in [6.07, 6.45) is -0.501. The van der Waals surface area contributed by atoms with Gasteiger partial charge in [0.25, 0.3) is 6.08 Å². The van der Waals surface area contributed by atoms with Gasteiger partial charge in [-0.2, -0.15) is 4.39 Å². The van der Waals surface area contributed by atoms with Gasteiger partial charge in [0.2, 0.25) is 0 Å². The van der Waals surface area contributed by atoms with Gasteiger partial charge < -0.3 is 4.98 Å². The largest absolute Gasteiger partial charge is 0.309 e. The number of hydrogen-bond donors (Lipinski definition) is 1. The third-order valence-corrected chi connectivity index (χ3v) is 2.12. The molecule has 4 heteroatoms. The molecule has 0 atom stereocenters. The van der Waals surface area contributed by atoms with Crippen LogP contribution < -0.4 is 0 Å². The number of nitrogens with one attached hydrogen (secondary N) is 1. The molecule has 0 aliphatic rings. The summed E-state index contributed by atoms with van der Waals surface area (Å²) >= 11 is 2.05. The average Bonchev–Trinajstić information content (AvgIpc) is 2.08. The quantitative estimate of drug-likeness (QED) is 0.719. The number of H-pyrrole nitrogens is 1. The van der Waals surface area contributed by atoms with Crippen molar-refractivity contribution in [3.8, 4) is 0 Å². The van der Waals surface area contributed by atoms with E-state index in [-0.39, 0.29) is 5.41 Å². The lowest BCUT2D eigenvalue weighted by molar-refractivity contribution is 0.525. The Bertz CT molecular complexity index is 262. The minimum absolute atomic E-state index is 0.0859. The fraction of sp³-hybridized carbons (Fsp3) is 0.571. The summed E-state index contributed by atoms with van der Waals surface area (Å²) in [5.74, 6) is 0. The molecule has 62 valence electrons. The average molecular weight is 268 g/mol. The standard InChI is InChI=1S/C7H10FIN2/c1-7(2,3)4-5(9)11-6(8)10-4/h1-3H3,(H,10,11). The molecule has 2 nitrogen and oxygen atoms in total. The van der Waals surface area contributed by atoms with Crippen LogP contribution in [0.25, 0.3) is 0 Å². The number of hydrogen-bond acceptors (Lipinski definition) is 1. The molecule has 0 aromatic carbocycles. The Balaban J connectivity index is 3.13. The van der Waals surface area contributed by atoms with Crippen LogP contribution in [0, 0.1) is 9.78 Å². The molecule has 0 spiro atoms. The number of aromatic amines is 1. The van der Waals surface area contributed by atoms with E-state index in [1.807, 2.05) is 43.4 Å². The number of rotatable bonds is 0. The van der Waals surface area contributed by atoms with E-state index >= 15 is 0 Å². The van der Waals surface area contributed by atoms with Crippen LogP contribution in [-0.2, 0) is 5.41 Å². The molecule has 1 aromatic rings. The molecule has 1 aromatic heterocycles. The minimum Gasteiger partial charge on any atom is -0.309 e.